The van der Waals surface area contributed by atoms with Gasteiger partial charge in [0, 0.05) is 26.5 Å². The molecule has 0 spiro atoms. The van der Waals surface area contributed by atoms with Crippen LogP contribution < -0.4 is 25.4 Å². The molecule has 0 radical (unpaired) electrons. The highest BCUT2D eigenvalue weighted by molar-refractivity contribution is 5.86. The highest BCUT2D eigenvalue weighted by Gasteiger charge is 2.58. The second-order valence-electron chi connectivity index (χ2n) is 25.5. The van der Waals surface area contributed by atoms with E-state index in [0.29, 0.717) is 29.2 Å². The molecule has 4 fully saturated rings. The summed E-state index contributed by atoms with van der Waals surface area (Å²) in [7, 11) is 1.11. The highest BCUT2D eigenvalue weighted by atomic mass is 16.8. The summed E-state index contributed by atoms with van der Waals surface area (Å²) < 4.78 is 58.9. The van der Waals surface area contributed by atoms with Crippen molar-refractivity contribution in [1.82, 2.24) is 16.0 Å². The van der Waals surface area contributed by atoms with Gasteiger partial charge in [-0.05, 0) is 94.7 Å². The van der Waals surface area contributed by atoms with Gasteiger partial charge in [-0.25, -0.2) is 9.59 Å². The van der Waals surface area contributed by atoms with E-state index in [1.807, 2.05) is 20.8 Å². The molecule has 1 aromatic rings. The van der Waals surface area contributed by atoms with E-state index in [1.165, 1.54) is 45.4 Å². The predicted octanol–water partition coefficient (Wildman–Crippen LogP) is 0.533. The summed E-state index contributed by atoms with van der Waals surface area (Å²) in [6, 6.07) is -2.95. The molecule has 5 aliphatic heterocycles. The molecule has 0 aliphatic carbocycles. The van der Waals surface area contributed by atoms with E-state index < -0.39 is 172 Å². The van der Waals surface area contributed by atoms with Crippen LogP contribution in [0.1, 0.15) is 142 Å². The largest absolute Gasteiger partial charge is 0.487 e. The lowest BCUT2D eigenvalue weighted by atomic mass is 9.83. The Bertz CT molecular complexity index is 2490. The predicted molar refractivity (Wildman–Crippen MR) is 310 cm³/mol. The van der Waals surface area contributed by atoms with E-state index in [-0.39, 0.29) is 5.60 Å². The van der Waals surface area contributed by atoms with E-state index in [4.69, 9.17) is 47.4 Å². The number of amides is 3. The molecule has 3 amide bonds. The summed E-state index contributed by atoms with van der Waals surface area (Å²) in [5.74, 6) is -1.96. The first-order chi connectivity index (χ1) is 41.4. The number of methoxy groups -OCH3 is 1. The van der Waals surface area contributed by atoms with Crippen molar-refractivity contribution in [3.63, 3.8) is 0 Å². The Morgan fingerprint density at radius 1 is 0.625 bits per heavy atom. The zero-order chi connectivity index (χ0) is 65.2. The molecular formula is C61H99N3O24. The summed E-state index contributed by atoms with van der Waals surface area (Å²) in [4.78, 5) is 65.5. The van der Waals surface area contributed by atoms with Crippen molar-refractivity contribution < 1.29 is 117 Å². The van der Waals surface area contributed by atoms with E-state index in [1.54, 1.807) is 0 Å². The molecule has 0 aromatic heterocycles. The molecule has 0 saturated carbocycles. The first-order valence-electron chi connectivity index (χ1n) is 30.9. The zero-order valence-electron chi connectivity index (χ0n) is 52.8. The summed E-state index contributed by atoms with van der Waals surface area (Å²) in [5.41, 5.74) is 2.74. The fraction of sp³-hybridized carbons (Fsp3) is 0.820. The molecule has 8 unspecified atom stereocenters. The number of nitrogens with one attached hydrogen (secondary N) is 3. The molecule has 88 heavy (non-hydrogen) atoms. The lowest BCUT2D eigenvalue weighted by Crippen LogP contribution is -2.70. The first-order valence-corrected chi connectivity index (χ1v) is 30.9. The maximum Gasteiger partial charge on any atom is 0.335 e. The minimum atomic E-state index is -2.27. The number of hydrogen-bond donors (Lipinski definition) is 12. The topological polar surface area (TPSA) is 396 Å². The van der Waals surface area contributed by atoms with Crippen LogP contribution >= 0.6 is 0 Å². The molecule has 1 aromatic carbocycles. The summed E-state index contributed by atoms with van der Waals surface area (Å²) in [6.07, 6.45) is -21.4. The van der Waals surface area contributed by atoms with E-state index in [0.717, 1.165) is 75.4 Å². The monoisotopic (exact) mass is 1260 g/mol. The van der Waals surface area contributed by atoms with Crippen molar-refractivity contribution in [3.05, 3.63) is 22.3 Å². The van der Waals surface area contributed by atoms with Gasteiger partial charge in [0.1, 0.15) is 103 Å². The third kappa shape index (κ3) is 17.9. The summed E-state index contributed by atoms with van der Waals surface area (Å²) in [5, 5.41) is 107. The Hall–Kier alpha value is -4.27. The number of carboxylic acids is 1. The number of hydrogen-bond acceptors (Lipinski definition) is 23. The quantitative estimate of drug-likeness (QED) is 0.0402. The van der Waals surface area contributed by atoms with Gasteiger partial charge in [-0.2, -0.15) is 0 Å². The van der Waals surface area contributed by atoms with Gasteiger partial charge in [-0.15, -0.1) is 0 Å². The number of carbonyl (C=O) groups excluding carboxylic acids is 4. The number of carbonyl (C=O) groups is 5. The van der Waals surface area contributed by atoms with Crippen LogP contribution in [-0.2, 0) is 68.3 Å². The first kappa shape index (κ1) is 72.8. The molecule has 23 atom stereocenters. The minimum Gasteiger partial charge on any atom is -0.487 e. The van der Waals surface area contributed by atoms with Gasteiger partial charge in [-0.3, -0.25) is 14.4 Å². The van der Waals surface area contributed by atoms with Crippen LogP contribution in [0.5, 0.6) is 11.5 Å². The normalized spacial score (nSPS) is 35.7. The minimum absolute atomic E-state index is 0.309. The molecule has 5 aliphatic rings. The number of rotatable bonds is 28. The molecular weight excluding hydrogens is 1160 g/mol. The molecule has 0 bridgehead atoms. The van der Waals surface area contributed by atoms with Crippen LogP contribution in [0.2, 0.25) is 0 Å². The van der Waals surface area contributed by atoms with Gasteiger partial charge in [0.15, 0.2) is 31.1 Å². The van der Waals surface area contributed by atoms with E-state index >= 15 is 0 Å². The van der Waals surface area contributed by atoms with Crippen LogP contribution in [0, 0.1) is 38.5 Å². The van der Waals surface area contributed by atoms with Crippen LogP contribution in [0.25, 0.3) is 0 Å². The average molecular weight is 1260 g/mol. The van der Waals surface area contributed by atoms with Crippen molar-refractivity contribution in [2.24, 2.45) is 17.8 Å². The van der Waals surface area contributed by atoms with E-state index in [9.17, 15) is 69.9 Å². The number of aliphatic hydroxyl groups is 8. The average Bonchev–Trinajstić information content (AvgIpc) is 1.06. The van der Waals surface area contributed by atoms with Gasteiger partial charge in [-0.1, -0.05) is 72.6 Å². The molecule has 502 valence electrons. The molecule has 4 saturated heterocycles. The standard InChI is InChI=1S/C61H99N3O24/c1-27(2)16-13-17-28(3)18-14-19-29(4)20-15-22-61(11)23-21-36-32(7)48(30(5)31(6)49(36)88-61)82-39(69)24-62-56(76)54-52(79-12)44(72)46(74)59(86-54)84-51-41(64-35(10)68)58(81-38(26-66)43(51)71)85-53-45(73)47(75)60(87-55(53)57(77)78)83-50-40(63-34(9)67)33(8)80-37(25-65)42(50)70/h27-29,33,37-38,40-47,50-55,58-60,65-66,70-75H,13-26H2,1-12H3,(H,62,76)(H,63,67)(H,64,68)(H,77,78)/t28-,29-,33+,37?,38?,40?,41?,42-,43-,44-,45-,46?,47?,50-,51-,52+,53+,54?,55?,58+,59-,60-,61-/m1/s1. The third-order valence-electron chi connectivity index (χ3n) is 17.9. The summed E-state index contributed by atoms with van der Waals surface area (Å²) in [6.45, 7) is 18.2. The van der Waals surface area contributed by atoms with Gasteiger partial charge in [0.25, 0.3) is 5.91 Å². The number of carboxylic acid groups (broad SMARTS) is 1. The van der Waals surface area contributed by atoms with Crippen molar-refractivity contribution in [2.45, 2.75) is 275 Å². The van der Waals surface area contributed by atoms with Gasteiger partial charge < -0.3 is 109 Å². The van der Waals surface area contributed by atoms with Crippen LogP contribution in [-0.4, -0.2) is 231 Å². The van der Waals surface area contributed by atoms with Gasteiger partial charge in [0.05, 0.1) is 25.4 Å². The SMILES string of the molecule is CO[C@@H]1C(C(=O)NCC(=O)Oc2c(C)c(C)c3c(c2C)CC[C@@](C)(CCC[C@H](C)CCC[C@H](C)CCCC(C)C)O3)O[C@@H](O[C@@H]2C(NC(C)=O)[C@H](O[C@@H]3C(C(=O)O)O[C@@H](O[C@@H]4C(NC(C)=O)[C@H](C)OC(CO)[C@H]4O)C(O)[C@H]3O)OC(CO)[C@H]2O)C(O)[C@H]1O. The fourth-order valence-electron chi connectivity index (χ4n) is 12.6. The van der Waals surface area contributed by atoms with Crippen molar-refractivity contribution in [3.8, 4) is 11.5 Å². The Morgan fingerprint density at radius 2 is 1.14 bits per heavy atom. The van der Waals surface area contributed by atoms with Crippen molar-refractivity contribution >= 4 is 29.7 Å². The number of ether oxygens (including phenoxy) is 10. The molecule has 12 N–H and O–H groups in total. The van der Waals surface area contributed by atoms with Crippen molar-refractivity contribution in [1.29, 1.82) is 0 Å². The lowest BCUT2D eigenvalue weighted by Gasteiger charge is -2.50. The van der Waals surface area contributed by atoms with Crippen LogP contribution in [0.15, 0.2) is 0 Å². The van der Waals surface area contributed by atoms with Crippen LogP contribution in [0.4, 0.5) is 0 Å². The molecule has 27 heteroatoms. The Balaban J connectivity index is 1.10. The Morgan fingerprint density at radius 3 is 1.68 bits per heavy atom. The zero-order valence-corrected chi connectivity index (χ0v) is 52.8. The van der Waals surface area contributed by atoms with Crippen LogP contribution in [0.3, 0.4) is 0 Å². The fourth-order valence-corrected chi connectivity index (χ4v) is 12.6. The third-order valence-corrected chi connectivity index (χ3v) is 17.9. The second-order valence-corrected chi connectivity index (χ2v) is 25.5. The highest BCUT2D eigenvalue weighted by Crippen LogP contribution is 2.45. The maximum atomic E-state index is 14.0. The number of fused-ring (bicyclic) bond motifs is 1. The summed E-state index contributed by atoms with van der Waals surface area (Å²) >= 11 is 0. The Kier molecular flexibility index (Phi) is 26.7. The lowest BCUT2D eigenvalue weighted by molar-refractivity contribution is -0.366. The number of aliphatic hydroxyl groups excluding tert-OH is 8. The number of aliphatic carboxylic acids is 1. The Labute approximate surface area is 514 Å². The van der Waals surface area contributed by atoms with Crippen molar-refractivity contribution in [2.75, 3.05) is 26.9 Å². The maximum absolute atomic E-state index is 14.0. The molecule has 5 heterocycles. The molecule has 6 rings (SSSR count). The van der Waals surface area contributed by atoms with Gasteiger partial charge in [0.2, 0.25) is 11.8 Å². The molecule has 27 nitrogen and oxygen atoms in total. The number of esters is 1. The van der Waals surface area contributed by atoms with Gasteiger partial charge >= 0.3 is 11.9 Å². The smallest absolute Gasteiger partial charge is 0.335 e. The number of benzene rings is 1. The van der Waals surface area contributed by atoms with E-state index in [2.05, 4.69) is 50.6 Å². The second kappa shape index (κ2) is 32.3.